The third-order valence-corrected chi connectivity index (χ3v) is 3.07. The number of hydrogen-bond donors (Lipinski definition) is 0. The van der Waals surface area contributed by atoms with Crippen LogP contribution in [0.1, 0.15) is 40.5 Å². The van der Waals surface area contributed by atoms with Gasteiger partial charge in [-0.05, 0) is 26.7 Å². The minimum absolute atomic E-state index is 0.173. The van der Waals surface area contributed by atoms with Crippen LogP contribution in [-0.2, 0) is 9.53 Å². The molecule has 2 unspecified atom stereocenters. The van der Waals surface area contributed by atoms with Gasteiger partial charge in [-0.2, -0.15) is 0 Å². The third-order valence-electron chi connectivity index (χ3n) is 3.07. The first-order valence-electron chi connectivity index (χ1n) is 6.02. The Morgan fingerprint density at radius 2 is 1.73 bits per heavy atom. The van der Waals surface area contributed by atoms with Crippen LogP contribution < -0.4 is 0 Å². The SMILES string of the molecule is CCC(CC)C(=O)N1CC(C)OC(C)C1. The Morgan fingerprint density at radius 3 is 2.13 bits per heavy atom. The van der Waals surface area contributed by atoms with Crippen LogP contribution in [0.15, 0.2) is 0 Å². The van der Waals surface area contributed by atoms with Gasteiger partial charge in [-0.3, -0.25) is 4.79 Å². The van der Waals surface area contributed by atoms with Crippen molar-refractivity contribution in [3.8, 4) is 0 Å². The minimum Gasteiger partial charge on any atom is -0.372 e. The van der Waals surface area contributed by atoms with E-state index in [9.17, 15) is 4.79 Å². The first kappa shape index (κ1) is 12.5. The van der Waals surface area contributed by atoms with E-state index in [2.05, 4.69) is 13.8 Å². The molecule has 0 aromatic carbocycles. The maximum atomic E-state index is 12.1. The van der Waals surface area contributed by atoms with E-state index < -0.39 is 0 Å². The summed E-state index contributed by atoms with van der Waals surface area (Å²) in [6.07, 6.45) is 2.23. The predicted octanol–water partition coefficient (Wildman–Crippen LogP) is 2.06. The number of nitrogens with zero attached hydrogens (tertiary/aromatic N) is 1. The van der Waals surface area contributed by atoms with Gasteiger partial charge in [0.1, 0.15) is 0 Å². The van der Waals surface area contributed by atoms with Gasteiger partial charge in [0.25, 0.3) is 0 Å². The molecule has 1 saturated heterocycles. The van der Waals surface area contributed by atoms with Crippen molar-refractivity contribution >= 4 is 5.91 Å². The van der Waals surface area contributed by atoms with Gasteiger partial charge in [-0.25, -0.2) is 0 Å². The van der Waals surface area contributed by atoms with Gasteiger partial charge in [0.15, 0.2) is 0 Å². The lowest BCUT2D eigenvalue weighted by Crippen LogP contribution is -2.49. The zero-order chi connectivity index (χ0) is 11.4. The zero-order valence-electron chi connectivity index (χ0n) is 10.3. The number of amides is 1. The molecule has 0 aromatic heterocycles. The number of hydrogen-bond acceptors (Lipinski definition) is 2. The zero-order valence-corrected chi connectivity index (χ0v) is 10.3. The van der Waals surface area contributed by atoms with E-state index in [4.69, 9.17) is 4.74 Å². The molecule has 0 bridgehead atoms. The molecule has 1 amide bonds. The molecule has 88 valence electrons. The molecule has 1 heterocycles. The highest BCUT2D eigenvalue weighted by atomic mass is 16.5. The van der Waals surface area contributed by atoms with Crippen LogP contribution in [0.25, 0.3) is 0 Å². The quantitative estimate of drug-likeness (QED) is 0.718. The van der Waals surface area contributed by atoms with E-state index in [0.717, 1.165) is 25.9 Å². The summed E-state index contributed by atoms with van der Waals surface area (Å²) < 4.78 is 5.62. The lowest BCUT2D eigenvalue weighted by Gasteiger charge is -2.37. The minimum atomic E-state index is 0.173. The van der Waals surface area contributed by atoms with E-state index in [-0.39, 0.29) is 18.1 Å². The Balaban J connectivity index is 2.58. The molecule has 1 aliphatic rings. The van der Waals surface area contributed by atoms with Crippen molar-refractivity contribution in [1.82, 2.24) is 4.90 Å². The van der Waals surface area contributed by atoms with Crippen LogP contribution in [0.5, 0.6) is 0 Å². The normalized spacial score (nSPS) is 27.1. The van der Waals surface area contributed by atoms with Crippen LogP contribution in [-0.4, -0.2) is 36.1 Å². The maximum absolute atomic E-state index is 12.1. The van der Waals surface area contributed by atoms with Gasteiger partial charge >= 0.3 is 0 Å². The third kappa shape index (κ3) is 3.20. The topological polar surface area (TPSA) is 29.5 Å². The van der Waals surface area contributed by atoms with Crippen molar-refractivity contribution in [3.63, 3.8) is 0 Å². The highest BCUT2D eigenvalue weighted by Crippen LogP contribution is 2.17. The van der Waals surface area contributed by atoms with Crippen molar-refractivity contribution in [2.45, 2.75) is 52.7 Å². The van der Waals surface area contributed by atoms with Crippen molar-refractivity contribution in [3.05, 3.63) is 0 Å². The second kappa shape index (κ2) is 5.50. The fourth-order valence-electron chi connectivity index (χ4n) is 2.25. The van der Waals surface area contributed by atoms with Crippen molar-refractivity contribution < 1.29 is 9.53 Å². The maximum Gasteiger partial charge on any atom is 0.225 e. The summed E-state index contributed by atoms with van der Waals surface area (Å²) in [5, 5.41) is 0. The van der Waals surface area contributed by atoms with E-state index in [1.54, 1.807) is 0 Å². The first-order chi connectivity index (χ1) is 7.08. The second-order valence-electron chi connectivity index (χ2n) is 4.51. The molecule has 3 heteroatoms. The molecule has 0 aromatic rings. The van der Waals surface area contributed by atoms with E-state index in [1.807, 2.05) is 18.7 Å². The van der Waals surface area contributed by atoms with Gasteiger partial charge in [0, 0.05) is 19.0 Å². The molecule has 0 N–H and O–H groups in total. The molecule has 0 radical (unpaired) electrons. The Morgan fingerprint density at radius 1 is 1.27 bits per heavy atom. The fourth-order valence-corrected chi connectivity index (χ4v) is 2.25. The number of morpholine rings is 1. The smallest absolute Gasteiger partial charge is 0.225 e. The van der Waals surface area contributed by atoms with Crippen LogP contribution in [0.4, 0.5) is 0 Å². The molecule has 0 spiro atoms. The summed E-state index contributed by atoms with van der Waals surface area (Å²) in [5.74, 6) is 0.504. The number of rotatable bonds is 3. The lowest BCUT2D eigenvalue weighted by molar-refractivity contribution is -0.147. The second-order valence-corrected chi connectivity index (χ2v) is 4.51. The average molecular weight is 213 g/mol. The molecule has 1 aliphatic heterocycles. The van der Waals surface area contributed by atoms with Crippen LogP contribution in [0.3, 0.4) is 0 Å². The standard InChI is InChI=1S/C12H23NO2/c1-5-11(6-2)12(14)13-7-9(3)15-10(4)8-13/h9-11H,5-8H2,1-4H3. The summed E-state index contributed by atoms with van der Waals surface area (Å²) in [7, 11) is 0. The highest BCUT2D eigenvalue weighted by Gasteiger charge is 2.28. The van der Waals surface area contributed by atoms with Gasteiger partial charge < -0.3 is 9.64 Å². The van der Waals surface area contributed by atoms with Gasteiger partial charge in [0.2, 0.25) is 5.91 Å². The summed E-state index contributed by atoms with van der Waals surface area (Å²) in [5.41, 5.74) is 0. The van der Waals surface area contributed by atoms with E-state index in [1.165, 1.54) is 0 Å². The highest BCUT2D eigenvalue weighted by molar-refractivity contribution is 5.78. The van der Waals surface area contributed by atoms with Crippen molar-refractivity contribution in [2.75, 3.05) is 13.1 Å². The van der Waals surface area contributed by atoms with Gasteiger partial charge in [-0.1, -0.05) is 13.8 Å². The van der Waals surface area contributed by atoms with Crippen LogP contribution in [0.2, 0.25) is 0 Å². The van der Waals surface area contributed by atoms with Gasteiger partial charge in [0.05, 0.1) is 12.2 Å². The predicted molar refractivity (Wildman–Crippen MR) is 60.7 cm³/mol. The number of carbonyl (C=O) groups is 1. The summed E-state index contributed by atoms with van der Waals surface area (Å²) in [6.45, 7) is 9.73. The van der Waals surface area contributed by atoms with E-state index in [0.29, 0.717) is 5.91 Å². The Bertz CT molecular complexity index is 204. The number of ether oxygens (including phenoxy) is 1. The molecule has 1 rings (SSSR count). The van der Waals surface area contributed by atoms with Crippen LogP contribution >= 0.6 is 0 Å². The average Bonchev–Trinajstić information content (AvgIpc) is 2.18. The van der Waals surface area contributed by atoms with Gasteiger partial charge in [-0.15, -0.1) is 0 Å². The monoisotopic (exact) mass is 213 g/mol. The lowest BCUT2D eigenvalue weighted by atomic mass is 10.0. The molecule has 15 heavy (non-hydrogen) atoms. The molecule has 3 nitrogen and oxygen atoms in total. The largest absolute Gasteiger partial charge is 0.372 e. The number of carbonyl (C=O) groups excluding carboxylic acids is 1. The Labute approximate surface area is 92.8 Å². The molecular weight excluding hydrogens is 190 g/mol. The fraction of sp³-hybridized carbons (Fsp3) is 0.917. The summed E-state index contributed by atoms with van der Waals surface area (Å²) in [6, 6.07) is 0. The molecule has 1 fully saturated rings. The summed E-state index contributed by atoms with van der Waals surface area (Å²) >= 11 is 0. The Hall–Kier alpha value is -0.570. The van der Waals surface area contributed by atoms with Crippen LogP contribution in [0, 0.1) is 5.92 Å². The van der Waals surface area contributed by atoms with Crippen molar-refractivity contribution in [1.29, 1.82) is 0 Å². The molecular formula is C12H23NO2. The molecule has 0 aliphatic carbocycles. The summed E-state index contributed by atoms with van der Waals surface area (Å²) in [4.78, 5) is 14.1. The molecule has 2 atom stereocenters. The Kier molecular flexibility index (Phi) is 4.58. The van der Waals surface area contributed by atoms with E-state index >= 15 is 0 Å². The van der Waals surface area contributed by atoms with Crippen molar-refractivity contribution in [2.24, 2.45) is 5.92 Å². The molecule has 0 saturated carbocycles. The first-order valence-corrected chi connectivity index (χ1v) is 6.02.